The van der Waals surface area contributed by atoms with Crippen LogP contribution in [0.4, 0.5) is 14.5 Å². The highest BCUT2D eigenvalue weighted by atomic mass is 19.1. The first-order valence-corrected chi connectivity index (χ1v) is 7.59. The molecular formula is C18H13F2N3O3. The number of carbonyl (C=O) groups is 2. The predicted molar refractivity (Wildman–Crippen MR) is 91.9 cm³/mol. The van der Waals surface area contributed by atoms with Crippen molar-refractivity contribution in [2.24, 2.45) is 0 Å². The normalized spacial score (nSPS) is 10.5. The van der Waals surface area contributed by atoms with Gasteiger partial charge in [0.1, 0.15) is 17.2 Å². The number of aromatic nitrogens is 1. The molecule has 1 heterocycles. The molecule has 8 heteroatoms. The molecule has 0 fully saturated rings. The number of H-pyrrole nitrogens is 1. The van der Waals surface area contributed by atoms with Gasteiger partial charge in [0, 0.05) is 23.2 Å². The van der Waals surface area contributed by atoms with Crippen LogP contribution < -0.4 is 16.1 Å². The van der Waals surface area contributed by atoms with Gasteiger partial charge in [-0.1, -0.05) is 12.1 Å². The van der Waals surface area contributed by atoms with Crippen LogP contribution in [-0.4, -0.2) is 23.3 Å². The van der Waals surface area contributed by atoms with Crippen LogP contribution in [0, 0.1) is 11.6 Å². The number of hydrogen-bond donors (Lipinski definition) is 3. The fourth-order valence-electron chi connectivity index (χ4n) is 2.38. The number of pyridine rings is 1. The summed E-state index contributed by atoms with van der Waals surface area (Å²) in [5.74, 6) is -3.17. The Balaban J connectivity index is 1.68. The van der Waals surface area contributed by atoms with Crippen LogP contribution in [0.5, 0.6) is 0 Å². The van der Waals surface area contributed by atoms with Gasteiger partial charge in [-0.15, -0.1) is 0 Å². The van der Waals surface area contributed by atoms with Crippen LogP contribution in [-0.2, 0) is 4.79 Å². The molecule has 0 aliphatic heterocycles. The van der Waals surface area contributed by atoms with E-state index in [2.05, 4.69) is 15.6 Å². The van der Waals surface area contributed by atoms with Crippen molar-refractivity contribution in [2.75, 3.05) is 11.9 Å². The molecule has 3 rings (SSSR count). The molecule has 2 aromatic carbocycles. The number of hydrogen-bond acceptors (Lipinski definition) is 3. The van der Waals surface area contributed by atoms with Crippen LogP contribution in [0.2, 0.25) is 0 Å². The van der Waals surface area contributed by atoms with E-state index in [1.54, 1.807) is 24.3 Å². The second-order valence-electron chi connectivity index (χ2n) is 5.43. The molecule has 0 aliphatic carbocycles. The lowest BCUT2D eigenvalue weighted by atomic mass is 10.1. The largest absolute Gasteiger partial charge is 0.360 e. The first kappa shape index (κ1) is 17.3. The lowest BCUT2D eigenvalue weighted by Gasteiger charge is -2.08. The van der Waals surface area contributed by atoms with Gasteiger partial charge in [-0.3, -0.25) is 14.4 Å². The number of rotatable bonds is 4. The summed E-state index contributed by atoms with van der Waals surface area (Å²) in [7, 11) is 0. The molecule has 0 bridgehead atoms. The van der Waals surface area contributed by atoms with Crippen molar-refractivity contribution in [3.05, 3.63) is 76.1 Å². The predicted octanol–water partition coefficient (Wildman–Crippen LogP) is 2.17. The van der Waals surface area contributed by atoms with Crippen molar-refractivity contribution in [2.45, 2.75) is 0 Å². The number of fused-ring (bicyclic) bond motifs is 1. The average Bonchev–Trinajstić information content (AvgIpc) is 2.62. The quantitative estimate of drug-likeness (QED) is 0.668. The van der Waals surface area contributed by atoms with E-state index in [-0.39, 0.29) is 11.3 Å². The summed E-state index contributed by atoms with van der Waals surface area (Å²) in [5.41, 5.74) is -0.251. The van der Waals surface area contributed by atoms with Gasteiger partial charge in [0.05, 0.1) is 12.2 Å². The minimum atomic E-state index is -0.935. The second-order valence-corrected chi connectivity index (χ2v) is 5.43. The van der Waals surface area contributed by atoms with E-state index in [1.807, 2.05) is 0 Å². The van der Waals surface area contributed by atoms with Crippen molar-refractivity contribution in [1.82, 2.24) is 10.3 Å². The molecule has 0 spiro atoms. The van der Waals surface area contributed by atoms with Crippen molar-refractivity contribution in [1.29, 1.82) is 0 Å². The molecule has 2 amide bonds. The number of anilines is 1. The SMILES string of the molecule is O=C(CNC(=O)c1c[nH]c2ccccc2c1=O)Nc1ccc(F)cc1F. The van der Waals surface area contributed by atoms with E-state index in [0.29, 0.717) is 17.0 Å². The summed E-state index contributed by atoms with van der Waals surface area (Å²) < 4.78 is 26.3. The lowest BCUT2D eigenvalue weighted by molar-refractivity contribution is -0.115. The van der Waals surface area contributed by atoms with Crippen LogP contribution in [0.15, 0.2) is 53.5 Å². The third kappa shape index (κ3) is 3.59. The zero-order chi connectivity index (χ0) is 18.7. The Bertz CT molecular complexity index is 1060. The number of halogens is 2. The Morgan fingerprint density at radius 2 is 1.85 bits per heavy atom. The highest BCUT2D eigenvalue weighted by molar-refractivity contribution is 6.00. The molecule has 26 heavy (non-hydrogen) atoms. The Kier molecular flexibility index (Phi) is 4.74. The zero-order valence-electron chi connectivity index (χ0n) is 13.3. The molecule has 132 valence electrons. The fourth-order valence-corrected chi connectivity index (χ4v) is 2.38. The molecule has 0 aliphatic rings. The van der Waals surface area contributed by atoms with E-state index in [1.165, 1.54) is 6.20 Å². The van der Waals surface area contributed by atoms with Gasteiger partial charge in [-0.25, -0.2) is 8.78 Å². The number of aromatic amines is 1. The molecule has 0 saturated heterocycles. The van der Waals surface area contributed by atoms with Crippen molar-refractivity contribution >= 4 is 28.4 Å². The van der Waals surface area contributed by atoms with E-state index < -0.39 is 35.4 Å². The number of carbonyl (C=O) groups excluding carboxylic acids is 2. The zero-order valence-corrected chi connectivity index (χ0v) is 13.3. The fraction of sp³-hybridized carbons (Fsp3) is 0.0556. The van der Waals surface area contributed by atoms with Crippen LogP contribution in [0.25, 0.3) is 10.9 Å². The summed E-state index contributed by atoms with van der Waals surface area (Å²) in [6.45, 7) is -0.484. The molecule has 0 atom stereocenters. The molecule has 0 saturated carbocycles. The minimum Gasteiger partial charge on any atom is -0.360 e. The third-order valence-corrected chi connectivity index (χ3v) is 3.65. The van der Waals surface area contributed by atoms with Crippen LogP contribution in [0.1, 0.15) is 10.4 Å². The molecule has 3 aromatic rings. The van der Waals surface area contributed by atoms with E-state index in [0.717, 1.165) is 12.1 Å². The van der Waals surface area contributed by atoms with E-state index >= 15 is 0 Å². The maximum Gasteiger partial charge on any atom is 0.257 e. The molecular weight excluding hydrogens is 344 g/mol. The van der Waals surface area contributed by atoms with Gasteiger partial charge < -0.3 is 15.6 Å². The highest BCUT2D eigenvalue weighted by Crippen LogP contribution is 2.14. The standard InChI is InChI=1S/C18H13F2N3O3/c19-10-5-6-15(13(20)7-10)23-16(24)9-22-18(26)12-8-21-14-4-2-1-3-11(14)17(12)25/h1-8H,9H2,(H,21,25)(H,22,26)(H,23,24). The maximum atomic E-state index is 13.5. The molecule has 0 unspecified atom stereocenters. The first-order chi connectivity index (χ1) is 12.5. The molecule has 1 aromatic heterocycles. The number of para-hydroxylation sites is 1. The second kappa shape index (κ2) is 7.14. The van der Waals surface area contributed by atoms with Crippen molar-refractivity contribution < 1.29 is 18.4 Å². The number of benzene rings is 2. The summed E-state index contributed by atoms with van der Waals surface area (Å²) >= 11 is 0. The van der Waals surface area contributed by atoms with Crippen LogP contribution in [0.3, 0.4) is 0 Å². The molecule has 0 radical (unpaired) electrons. The van der Waals surface area contributed by atoms with Crippen molar-refractivity contribution in [3.63, 3.8) is 0 Å². The monoisotopic (exact) mass is 357 g/mol. The summed E-state index contributed by atoms with van der Waals surface area (Å²) in [6, 6.07) is 9.38. The third-order valence-electron chi connectivity index (χ3n) is 3.65. The summed E-state index contributed by atoms with van der Waals surface area (Å²) in [4.78, 5) is 39.1. The Morgan fingerprint density at radius 3 is 2.62 bits per heavy atom. The Hall–Kier alpha value is -3.55. The topological polar surface area (TPSA) is 91.1 Å². The number of amides is 2. The highest BCUT2D eigenvalue weighted by Gasteiger charge is 2.14. The van der Waals surface area contributed by atoms with Gasteiger partial charge in [0.2, 0.25) is 11.3 Å². The first-order valence-electron chi connectivity index (χ1n) is 7.59. The molecule has 3 N–H and O–H groups in total. The molecule has 6 nitrogen and oxygen atoms in total. The summed E-state index contributed by atoms with van der Waals surface area (Å²) in [5, 5.41) is 4.84. The van der Waals surface area contributed by atoms with E-state index in [4.69, 9.17) is 0 Å². The van der Waals surface area contributed by atoms with Crippen LogP contribution >= 0.6 is 0 Å². The maximum absolute atomic E-state index is 13.5. The summed E-state index contributed by atoms with van der Waals surface area (Å²) in [6.07, 6.45) is 1.26. The van der Waals surface area contributed by atoms with Gasteiger partial charge in [0.15, 0.2) is 0 Å². The van der Waals surface area contributed by atoms with Crippen molar-refractivity contribution in [3.8, 4) is 0 Å². The smallest absolute Gasteiger partial charge is 0.257 e. The minimum absolute atomic E-state index is 0.149. The Labute approximate surface area is 145 Å². The number of nitrogens with one attached hydrogen (secondary N) is 3. The van der Waals surface area contributed by atoms with Gasteiger partial charge >= 0.3 is 0 Å². The van der Waals surface area contributed by atoms with Gasteiger partial charge in [-0.2, -0.15) is 0 Å². The van der Waals surface area contributed by atoms with E-state index in [9.17, 15) is 23.2 Å². The van der Waals surface area contributed by atoms with Gasteiger partial charge in [0.25, 0.3) is 5.91 Å². The van der Waals surface area contributed by atoms with Gasteiger partial charge in [-0.05, 0) is 24.3 Å². The lowest BCUT2D eigenvalue weighted by Crippen LogP contribution is -2.35. The Morgan fingerprint density at radius 1 is 1.08 bits per heavy atom. The average molecular weight is 357 g/mol.